The molecule has 11 heavy (non-hydrogen) atoms. The molecule has 0 bridgehead atoms. The van der Waals surface area contributed by atoms with E-state index in [2.05, 4.69) is 15.5 Å². The van der Waals surface area contributed by atoms with E-state index in [4.69, 9.17) is 4.52 Å². The molecule has 0 aliphatic carbocycles. The zero-order chi connectivity index (χ0) is 8.10. The van der Waals surface area contributed by atoms with Crippen LogP contribution in [0.1, 0.15) is 11.7 Å². The predicted molar refractivity (Wildman–Crippen MR) is 44.3 cm³/mol. The van der Waals surface area contributed by atoms with Crippen LogP contribution in [0.3, 0.4) is 0 Å². The minimum atomic E-state index is 0.640. The first-order valence-corrected chi connectivity index (χ1v) is 4.71. The second-order valence-corrected chi connectivity index (χ2v) is 2.93. The van der Waals surface area contributed by atoms with Crippen LogP contribution in [0.2, 0.25) is 0 Å². The highest BCUT2D eigenvalue weighted by Gasteiger charge is 2.02. The van der Waals surface area contributed by atoms with Crippen molar-refractivity contribution >= 4 is 11.8 Å². The van der Waals surface area contributed by atoms with E-state index in [1.54, 1.807) is 11.8 Å². The van der Waals surface area contributed by atoms with Crippen molar-refractivity contribution in [1.82, 2.24) is 15.5 Å². The molecule has 0 radical (unpaired) electrons. The fourth-order valence-electron chi connectivity index (χ4n) is 0.701. The van der Waals surface area contributed by atoms with E-state index in [0.717, 1.165) is 11.6 Å². The summed E-state index contributed by atoms with van der Waals surface area (Å²) in [5.41, 5.74) is 0. The standard InChI is InChI=1S/C6H11N3OS/c1-7-3-6-8-5(4-11-2)9-10-6/h7H,3-4H2,1-2H3. The van der Waals surface area contributed by atoms with E-state index in [1.807, 2.05) is 13.3 Å². The van der Waals surface area contributed by atoms with Crippen molar-refractivity contribution < 1.29 is 4.52 Å². The summed E-state index contributed by atoms with van der Waals surface area (Å²) in [6.07, 6.45) is 2.01. The molecule has 0 spiro atoms. The normalized spacial score (nSPS) is 10.4. The number of hydrogen-bond acceptors (Lipinski definition) is 5. The molecule has 1 rings (SSSR count). The van der Waals surface area contributed by atoms with Gasteiger partial charge in [0.1, 0.15) is 0 Å². The molecule has 0 saturated heterocycles. The van der Waals surface area contributed by atoms with Gasteiger partial charge in [0.05, 0.1) is 12.3 Å². The predicted octanol–water partition coefficient (Wildman–Crippen LogP) is 0.652. The average Bonchev–Trinajstić information content (AvgIpc) is 2.38. The van der Waals surface area contributed by atoms with Crippen LogP contribution in [-0.4, -0.2) is 23.4 Å². The molecule has 0 aliphatic rings. The summed E-state index contributed by atoms with van der Waals surface area (Å²) >= 11 is 1.68. The molecule has 0 aliphatic heterocycles. The Kier molecular flexibility index (Phi) is 3.38. The van der Waals surface area contributed by atoms with Gasteiger partial charge in [-0.2, -0.15) is 16.7 Å². The van der Waals surface area contributed by atoms with E-state index < -0.39 is 0 Å². The topological polar surface area (TPSA) is 51.0 Å². The first-order valence-electron chi connectivity index (χ1n) is 3.32. The molecule has 1 N–H and O–H groups in total. The fourth-order valence-corrected chi connectivity index (χ4v) is 1.08. The van der Waals surface area contributed by atoms with Crippen molar-refractivity contribution in [3.63, 3.8) is 0 Å². The zero-order valence-electron chi connectivity index (χ0n) is 6.63. The van der Waals surface area contributed by atoms with Gasteiger partial charge in [0, 0.05) is 0 Å². The lowest BCUT2D eigenvalue weighted by atomic mass is 10.6. The molecule has 1 aromatic rings. The van der Waals surface area contributed by atoms with Crippen LogP contribution in [-0.2, 0) is 12.3 Å². The Labute approximate surface area is 69.7 Å². The van der Waals surface area contributed by atoms with Crippen LogP contribution in [0.25, 0.3) is 0 Å². The summed E-state index contributed by atoms with van der Waals surface area (Å²) in [6, 6.07) is 0. The molecular formula is C6H11N3OS. The molecule has 0 amide bonds. The molecule has 0 atom stereocenters. The summed E-state index contributed by atoms with van der Waals surface area (Å²) in [6.45, 7) is 0.640. The van der Waals surface area contributed by atoms with Gasteiger partial charge >= 0.3 is 0 Å². The molecule has 0 saturated carbocycles. The molecule has 0 unspecified atom stereocenters. The largest absolute Gasteiger partial charge is 0.338 e. The lowest BCUT2D eigenvalue weighted by molar-refractivity contribution is 0.368. The highest BCUT2D eigenvalue weighted by atomic mass is 32.2. The Hall–Kier alpha value is -0.550. The van der Waals surface area contributed by atoms with E-state index in [9.17, 15) is 0 Å². The summed E-state index contributed by atoms with van der Waals surface area (Å²) in [5, 5.41) is 6.71. The van der Waals surface area contributed by atoms with Crippen LogP contribution in [0.5, 0.6) is 0 Å². The highest BCUT2D eigenvalue weighted by molar-refractivity contribution is 7.97. The van der Waals surface area contributed by atoms with Gasteiger partial charge in [-0.15, -0.1) is 0 Å². The molecule has 1 aromatic heterocycles. The minimum Gasteiger partial charge on any atom is -0.338 e. The molecular weight excluding hydrogens is 162 g/mol. The van der Waals surface area contributed by atoms with Gasteiger partial charge in [0.25, 0.3) is 0 Å². The van der Waals surface area contributed by atoms with Gasteiger partial charge < -0.3 is 9.84 Å². The fraction of sp³-hybridized carbons (Fsp3) is 0.667. The highest BCUT2D eigenvalue weighted by Crippen LogP contribution is 2.04. The smallest absolute Gasteiger partial charge is 0.240 e. The van der Waals surface area contributed by atoms with Crippen LogP contribution in [0, 0.1) is 0 Å². The Morgan fingerprint density at radius 1 is 1.64 bits per heavy atom. The zero-order valence-corrected chi connectivity index (χ0v) is 7.44. The Bertz CT molecular complexity index is 193. The van der Waals surface area contributed by atoms with Crippen molar-refractivity contribution in [2.24, 2.45) is 0 Å². The van der Waals surface area contributed by atoms with Gasteiger partial charge in [-0.25, -0.2) is 0 Å². The molecule has 4 nitrogen and oxygen atoms in total. The number of rotatable bonds is 4. The third-order valence-corrected chi connectivity index (χ3v) is 1.66. The Balaban J connectivity index is 2.51. The lowest BCUT2D eigenvalue weighted by Crippen LogP contribution is -2.05. The lowest BCUT2D eigenvalue weighted by Gasteiger charge is -1.87. The van der Waals surface area contributed by atoms with Gasteiger partial charge in [0.15, 0.2) is 5.82 Å². The SMILES string of the molecule is CNCc1nc(CSC)no1. The van der Waals surface area contributed by atoms with Gasteiger partial charge in [-0.1, -0.05) is 5.16 Å². The summed E-state index contributed by atoms with van der Waals surface area (Å²) in [7, 11) is 1.85. The first-order chi connectivity index (χ1) is 5.36. The number of nitrogens with one attached hydrogen (secondary N) is 1. The summed E-state index contributed by atoms with van der Waals surface area (Å²) < 4.78 is 4.92. The number of hydrogen-bond donors (Lipinski definition) is 1. The third-order valence-electron chi connectivity index (χ3n) is 1.11. The quantitative estimate of drug-likeness (QED) is 0.724. The first kappa shape index (κ1) is 8.55. The minimum absolute atomic E-state index is 0.640. The maximum absolute atomic E-state index is 4.92. The Morgan fingerprint density at radius 3 is 3.09 bits per heavy atom. The summed E-state index contributed by atoms with van der Waals surface area (Å²) in [4.78, 5) is 4.13. The molecule has 62 valence electrons. The van der Waals surface area contributed by atoms with Crippen molar-refractivity contribution in [2.75, 3.05) is 13.3 Å². The van der Waals surface area contributed by atoms with Crippen molar-refractivity contribution in [1.29, 1.82) is 0 Å². The monoisotopic (exact) mass is 173 g/mol. The van der Waals surface area contributed by atoms with Crippen LogP contribution < -0.4 is 5.32 Å². The molecule has 1 heterocycles. The third kappa shape index (κ3) is 2.51. The number of nitrogens with zero attached hydrogens (tertiary/aromatic N) is 2. The maximum atomic E-state index is 4.92. The van der Waals surface area contributed by atoms with Gasteiger partial charge in [-0.3, -0.25) is 0 Å². The van der Waals surface area contributed by atoms with E-state index >= 15 is 0 Å². The van der Waals surface area contributed by atoms with Crippen molar-refractivity contribution in [3.05, 3.63) is 11.7 Å². The molecule has 5 heteroatoms. The van der Waals surface area contributed by atoms with Gasteiger partial charge in [0.2, 0.25) is 5.89 Å². The summed E-state index contributed by atoms with van der Waals surface area (Å²) in [5.74, 6) is 2.23. The van der Waals surface area contributed by atoms with Gasteiger partial charge in [-0.05, 0) is 13.3 Å². The van der Waals surface area contributed by atoms with E-state index in [-0.39, 0.29) is 0 Å². The number of aromatic nitrogens is 2. The average molecular weight is 173 g/mol. The maximum Gasteiger partial charge on any atom is 0.240 e. The molecule has 0 fully saturated rings. The van der Waals surface area contributed by atoms with Crippen molar-refractivity contribution in [3.8, 4) is 0 Å². The van der Waals surface area contributed by atoms with Crippen molar-refractivity contribution in [2.45, 2.75) is 12.3 Å². The van der Waals surface area contributed by atoms with Crippen LogP contribution in [0.4, 0.5) is 0 Å². The van der Waals surface area contributed by atoms with E-state index in [0.29, 0.717) is 12.4 Å². The second kappa shape index (κ2) is 4.35. The van der Waals surface area contributed by atoms with E-state index in [1.165, 1.54) is 0 Å². The van der Waals surface area contributed by atoms with Crippen LogP contribution >= 0.6 is 11.8 Å². The second-order valence-electron chi connectivity index (χ2n) is 2.07. The number of thioether (sulfide) groups is 1. The van der Waals surface area contributed by atoms with Crippen LogP contribution in [0.15, 0.2) is 4.52 Å². The Morgan fingerprint density at radius 2 is 2.45 bits per heavy atom. The molecule has 0 aromatic carbocycles.